The second-order valence-electron chi connectivity index (χ2n) is 6.45. The Morgan fingerprint density at radius 3 is 2.46 bits per heavy atom. The number of methoxy groups -OCH3 is 2. The normalized spacial score (nSPS) is 25.9. The van der Waals surface area contributed by atoms with Crippen LogP contribution >= 0.6 is 0 Å². The Labute approximate surface area is 142 Å². The average molecular weight is 325 g/mol. The molecule has 2 aromatic rings. The van der Waals surface area contributed by atoms with Crippen LogP contribution in [-0.4, -0.2) is 32.0 Å². The van der Waals surface area contributed by atoms with Crippen LogP contribution in [0.3, 0.4) is 0 Å². The first-order chi connectivity index (χ1) is 11.7. The van der Waals surface area contributed by atoms with E-state index in [0.29, 0.717) is 6.04 Å². The number of fused-ring (bicyclic) bond motifs is 2. The molecule has 2 aliphatic rings. The number of ether oxygens (including phenoxy) is 3. The van der Waals surface area contributed by atoms with Crippen LogP contribution in [0.25, 0.3) is 0 Å². The first-order valence-corrected chi connectivity index (χ1v) is 8.41. The molecular formula is C20H23NO3. The summed E-state index contributed by atoms with van der Waals surface area (Å²) in [6.45, 7) is 2.99. The first-order valence-electron chi connectivity index (χ1n) is 8.41. The van der Waals surface area contributed by atoms with Gasteiger partial charge in [-0.05, 0) is 35.7 Å². The van der Waals surface area contributed by atoms with E-state index in [9.17, 15) is 0 Å². The summed E-state index contributed by atoms with van der Waals surface area (Å²) in [6, 6.07) is 15.4. The van der Waals surface area contributed by atoms with Crippen molar-refractivity contribution in [3.63, 3.8) is 0 Å². The molecule has 0 amide bonds. The summed E-state index contributed by atoms with van der Waals surface area (Å²) in [7, 11) is 3.37. The molecule has 0 aromatic heterocycles. The minimum Gasteiger partial charge on any atom is -0.493 e. The molecule has 126 valence electrons. The molecule has 0 aliphatic carbocycles. The van der Waals surface area contributed by atoms with Gasteiger partial charge in [-0.25, -0.2) is 0 Å². The lowest BCUT2D eigenvalue weighted by Gasteiger charge is -2.39. The van der Waals surface area contributed by atoms with Crippen molar-refractivity contribution in [2.75, 3.05) is 20.8 Å². The minimum absolute atomic E-state index is 0.121. The van der Waals surface area contributed by atoms with Crippen LogP contribution in [0.5, 0.6) is 11.5 Å². The topological polar surface area (TPSA) is 30.9 Å². The van der Waals surface area contributed by atoms with Crippen LogP contribution in [0, 0.1) is 0 Å². The van der Waals surface area contributed by atoms with Crippen molar-refractivity contribution in [3.8, 4) is 11.5 Å². The number of rotatable bonds is 3. The van der Waals surface area contributed by atoms with Crippen LogP contribution in [0.2, 0.25) is 0 Å². The molecule has 3 atom stereocenters. The van der Waals surface area contributed by atoms with Gasteiger partial charge in [0.25, 0.3) is 0 Å². The molecule has 0 unspecified atom stereocenters. The van der Waals surface area contributed by atoms with E-state index in [0.717, 1.165) is 24.5 Å². The zero-order chi connectivity index (χ0) is 16.7. The van der Waals surface area contributed by atoms with Crippen molar-refractivity contribution in [3.05, 3.63) is 59.2 Å². The van der Waals surface area contributed by atoms with Gasteiger partial charge in [-0.2, -0.15) is 0 Å². The maximum atomic E-state index is 6.14. The van der Waals surface area contributed by atoms with E-state index in [1.54, 1.807) is 14.2 Å². The summed E-state index contributed by atoms with van der Waals surface area (Å²) in [5, 5.41) is 0. The van der Waals surface area contributed by atoms with Gasteiger partial charge in [-0.3, -0.25) is 4.90 Å². The Hall–Kier alpha value is -2.04. The zero-order valence-corrected chi connectivity index (χ0v) is 14.4. The summed E-state index contributed by atoms with van der Waals surface area (Å²) in [4.78, 5) is 2.49. The van der Waals surface area contributed by atoms with E-state index >= 15 is 0 Å². The number of nitrogens with zero attached hydrogens (tertiary/aromatic N) is 1. The van der Waals surface area contributed by atoms with Gasteiger partial charge in [0, 0.05) is 12.5 Å². The smallest absolute Gasteiger partial charge is 0.161 e. The Kier molecular flexibility index (Phi) is 3.94. The van der Waals surface area contributed by atoms with Crippen molar-refractivity contribution < 1.29 is 14.2 Å². The fourth-order valence-corrected chi connectivity index (χ4v) is 4.05. The second-order valence-corrected chi connectivity index (χ2v) is 6.45. The van der Waals surface area contributed by atoms with Crippen molar-refractivity contribution in [1.29, 1.82) is 0 Å². The van der Waals surface area contributed by atoms with Crippen LogP contribution < -0.4 is 9.47 Å². The number of hydrogen-bond donors (Lipinski definition) is 0. The van der Waals surface area contributed by atoms with Gasteiger partial charge in [-0.15, -0.1) is 0 Å². The monoisotopic (exact) mass is 325 g/mol. The van der Waals surface area contributed by atoms with E-state index in [-0.39, 0.29) is 12.3 Å². The van der Waals surface area contributed by atoms with Crippen LogP contribution in [0.1, 0.15) is 35.7 Å². The van der Waals surface area contributed by atoms with E-state index in [4.69, 9.17) is 14.2 Å². The highest BCUT2D eigenvalue weighted by Crippen LogP contribution is 2.46. The highest BCUT2D eigenvalue weighted by atomic mass is 16.5. The van der Waals surface area contributed by atoms with Crippen molar-refractivity contribution in [2.24, 2.45) is 0 Å². The highest BCUT2D eigenvalue weighted by Gasteiger charge is 2.42. The molecule has 0 spiro atoms. The third-order valence-corrected chi connectivity index (χ3v) is 5.26. The molecule has 24 heavy (non-hydrogen) atoms. The summed E-state index contributed by atoms with van der Waals surface area (Å²) >= 11 is 0. The Morgan fingerprint density at radius 1 is 1.04 bits per heavy atom. The van der Waals surface area contributed by atoms with Gasteiger partial charge in [-0.1, -0.05) is 30.3 Å². The predicted molar refractivity (Wildman–Crippen MR) is 92.4 cm³/mol. The standard InChI is InChI=1S/C20H23NO3/c1-13-16-11-19(23-3)18(22-2)9-15(16)10-20-21(13)17(12-24-20)14-7-5-4-6-8-14/h4-9,11,13,17,20H,10,12H2,1-3H3/t13-,17-,20+/m0/s1. The molecule has 1 saturated heterocycles. The molecular weight excluding hydrogens is 302 g/mol. The van der Waals surface area contributed by atoms with Gasteiger partial charge in [0.2, 0.25) is 0 Å². The van der Waals surface area contributed by atoms with Crippen LogP contribution in [-0.2, 0) is 11.2 Å². The minimum atomic E-state index is 0.121. The van der Waals surface area contributed by atoms with E-state index in [1.807, 2.05) is 0 Å². The molecule has 2 aromatic carbocycles. The van der Waals surface area contributed by atoms with Gasteiger partial charge in [0.05, 0.1) is 26.9 Å². The first kappa shape index (κ1) is 15.5. The SMILES string of the molecule is COc1cc2c(cc1OC)[C@H](C)N1[C@@H](C2)OC[C@H]1c1ccccc1. The third-order valence-electron chi connectivity index (χ3n) is 5.26. The molecule has 2 heterocycles. The Balaban J connectivity index is 1.73. The lowest BCUT2D eigenvalue weighted by atomic mass is 9.90. The number of hydrogen-bond acceptors (Lipinski definition) is 4. The van der Waals surface area contributed by atoms with Gasteiger partial charge in [0.1, 0.15) is 6.23 Å². The molecule has 4 heteroatoms. The second kappa shape index (κ2) is 6.11. The van der Waals surface area contributed by atoms with E-state index < -0.39 is 0 Å². The molecule has 0 saturated carbocycles. The molecule has 2 aliphatic heterocycles. The molecule has 1 fully saturated rings. The number of benzene rings is 2. The molecule has 0 radical (unpaired) electrons. The van der Waals surface area contributed by atoms with Gasteiger partial charge >= 0.3 is 0 Å². The van der Waals surface area contributed by atoms with Crippen molar-refractivity contribution in [1.82, 2.24) is 4.90 Å². The molecule has 0 bridgehead atoms. The molecule has 4 nitrogen and oxygen atoms in total. The summed E-state index contributed by atoms with van der Waals surface area (Å²) < 4.78 is 17.1. The van der Waals surface area contributed by atoms with E-state index in [1.165, 1.54) is 16.7 Å². The fraction of sp³-hybridized carbons (Fsp3) is 0.400. The fourth-order valence-electron chi connectivity index (χ4n) is 4.05. The van der Waals surface area contributed by atoms with Gasteiger partial charge < -0.3 is 14.2 Å². The summed E-state index contributed by atoms with van der Waals surface area (Å²) in [6.07, 6.45) is 0.999. The average Bonchev–Trinajstić information content (AvgIpc) is 3.05. The van der Waals surface area contributed by atoms with Crippen LogP contribution in [0.4, 0.5) is 0 Å². The largest absolute Gasteiger partial charge is 0.493 e. The lowest BCUT2D eigenvalue weighted by Crippen LogP contribution is -2.40. The lowest BCUT2D eigenvalue weighted by molar-refractivity contribution is 0.000668. The third kappa shape index (κ3) is 2.38. The summed E-state index contributed by atoms with van der Waals surface area (Å²) in [5.41, 5.74) is 3.90. The Bertz CT molecular complexity index is 731. The van der Waals surface area contributed by atoms with Crippen LogP contribution in [0.15, 0.2) is 42.5 Å². The predicted octanol–water partition coefficient (Wildman–Crippen LogP) is 3.72. The van der Waals surface area contributed by atoms with E-state index in [2.05, 4.69) is 54.3 Å². The Morgan fingerprint density at radius 2 is 1.75 bits per heavy atom. The maximum Gasteiger partial charge on any atom is 0.161 e. The van der Waals surface area contributed by atoms with Crippen molar-refractivity contribution in [2.45, 2.75) is 31.7 Å². The van der Waals surface area contributed by atoms with Gasteiger partial charge in [0.15, 0.2) is 11.5 Å². The maximum absolute atomic E-state index is 6.14. The molecule has 0 N–H and O–H groups in total. The zero-order valence-electron chi connectivity index (χ0n) is 14.4. The molecule has 4 rings (SSSR count). The summed E-state index contributed by atoms with van der Waals surface area (Å²) in [5.74, 6) is 1.58. The van der Waals surface area contributed by atoms with Crippen molar-refractivity contribution >= 4 is 0 Å². The quantitative estimate of drug-likeness (QED) is 0.860. The highest BCUT2D eigenvalue weighted by molar-refractivity contribution is 5.49.